The van der Waals surface area contributed by atoms with Crippen LogP contribution in [-0.2, 0) is 9.53 Å². The van der Waals surface area contributed by atoms with Gasteiger partial charge in [-0.25, -0.2) is 4.79 Å². The number of ether oxygens (including phenoxy) is 1. The summed E-state index contributed by atoms with van der Waals surface area (Å²) in [6, 6.07) is 0. The Balaban J connectivity index is 4.24. The summed E-state index contributed by atoms with van der Waals surface area (Å²) in [5, 5.41) is 0. The van der Waals surface area contributed by atoms with E-state index in [9.17, 15) is 4.79 Å². The number of hydrogen-bond acceptors (Lipinski definition) is 2. The van der Waals surface area contributed by atoms with E-state index < -0.39 is 0 Å². The molecule has 0 saturated carbocycles. The van der Waals surface area contributed by atoms with E-state index in [1.54, 1.807) is 6.08 Å². The predicted molar refractivity (Wildman–Crippen MR) is 100 cm³/mol. The molecule has 0 N–H and O–H groups in total. The molecule has 1 unspecified atom stereocenters. The molecule has 0 aliphatic carbocycles. The minimum Gasteiger partial charge on any atom is -0.463 e. The summed E-state index contributed by atoms with van der Waals surface area (Å²) in [6.45, 7) is 11.0. The van der Waals surface area contributed by atoms with Gasteiger partial charge in [-0.15, -0.1) is 0 Å². The minimum absolute atomic E-state index is 0.237. The maximum absolute atomic E-state index is 11.5. The molecule has 132 valence electrons. The smallest absolute Gasteiger partial charge is 0.331 e. The molecule has 2 heteroatoms. The Morgan fingerprint density at radius 3 is 2.30 bits per heavy atom. The SMILES string of the molecule is CCOC(=O)C=C(C=CCCC(CC)CCC=C(C)CC)CC. The second-order valence-corrected chi connectivity index (χ2v) is 6.06. The predicted octanol–water partition coefficient (Wildman–Crippen LogP) is 6.39. The molecule has 0 rings (SSSR count). The molecule has 0 aromatic rings. The molecule has 0 amide bonds. The normalized spacial score (nSPS) is 14.3. The molecule has 0 saturated heterocycles. The molecule has 23 heavy (non-hydrogen) atoms. The Kier molecular flexibility index (Phi) is 13.5. The lowest BCUT2D eigenvalue weighted by molar-refractivity contribution is -0.137. The Morgan fingerprint density at radius 1 is 1.04 bits per heavy atom. The van der Waals surface area contributed by atoms with E-state index in [-0.39, 0.29) is 5.97 Å². The largest absolute Gasteiger partial charge is 0.463 e. The van der Waals surface area contributed by atoms with Crippen molar-refractivity contribution in [1.29, 1.82) is 0 Å². The summed E-state index contributed by atoms with van der Waals surface area (Å²) in [7, 11) is 0. The molecule has 0 heterocycles. The quantitative estimate of drug-likeness (QED) is 0.180. The molecule has 0 aliphatic rings. The molecule has 0 bridgehead atoms. The lowest BCUT2D eigenvalue weighted by Crippen LogP contribution is -2.00. The summed E-state index contributed by atoms with van der Waals surface area (Å²) in [5.74, 6) is 0.554. The first kappa shape index (κ1) is 21.7. The maximum atomic E-state index is 11.5. The van der Waals surface area contributed by atoms with E-state index in [1.165, 1.54) is 31.3 Å². The van der Waals surface area contributed by atoms with Crippen LogP contribution in [0.4, 0.5) is 0 Å². The number of allylic oxidation sites excluding steroid dienone is 5. The molecule has 0 aromatic carbocycles. The average molecular weight is 321 g/mol. The zero-order valence-electron chi connectivity index (χ0n) is 15.9. The van der Waals surface area contributed by atoms with Crippen LogP contribution in [0, 0.1) is 5.92 Å². The summed E-state index contributed by atoms with van der Waals surface area (Å²) < 4.78 is 4.95. The Hall–Kier alpha value is -1.31. The first-order chi connectivity index (χ1) is 11.1. The third kappa shape index (κ3) is 11.9. The van der Waals surface area contributed by atoms with Crippen molar-refractivity contribution in [2.24, 2.45) is 5.92 Å². The van der Waals surface area contributed by atoms with Gasteiger partial charge in [-0.2, -0.15) is 0 Å². The molecular weight excluding hydrogens is 284 g/mol. The first-order valence-corrected chi connectivity index (χ1v) is 9.26. The van der Waals surface area contributed by atoms with Crippen LogP contribution in [0.3, 0.4) is 0 Å². The van der Waals surface area contributed by atoms with Gasteiger partial charge in [-0.1, -0.05) is 51.0 Å². The van der Waals surface area contributed by atoms with Crippen molar-refractivity contribution in [1.82, 2.24) is 0 Å². The Labute approximate surface area is 143 Å². The molecule has 0 radical (unpaired) electrons. The highest BCUT2D eigenvalue weighted by atomic mass is 16.5. The standard InChI is InChI=1S/C21H36O2/c1-6-18(5)13-12-16-19(7-2)14-10-11-15-20(8-3)17-21(22)23-9-4/h11,13,15,17,19H,6-10,12,14,16H2,1-5H3. The number of esters is 1. The van der Waals surface area contributed by atoms with Gasteiger partial charge in [0, 0.05) is 6.08 Å². The van der Waals surface area contributed by atoms with Gasteiger partial charge >= 0.3 is 5.97 Å². The van der Waals surface area contributed by atoms with Gasteiger partial charge in [0.05, 0.1) is 6.61 Å². The van der Waals surface area contributed by atoms with Crippen molar-refractivity contribution in [2.45, 2.75) is 79.6 Å². The summed E-state index contributed by atoms with van der Waals surface area (Å²) in [6.07, 6.45) is 16.3. The van der Waals surface area contributed by atoms with Gasteiger partial charge in [0.2, 0.25) is 0 Å². The number of hydrogen-bond donors (Lipinski definition) is 0. The molecule has 0 aromatic heterocycles. The number of rotatable bonds is 12. The summed E-state index contributed by atoms with van der Waals surface area (Å²) in [5.41, 5.74) is 2.54. The van der Waals surface area contributed by atoms with Gasteiger partial charge in [0.15, 0.2) is 0 Å². The average Bonchev–Trinajstić information content (AvgIpc) is 2.55. The molecule has 0 fully saturated rings. The van der Waals surface area contributed by atoms with Crippen molar-refractivity contribution in [3.8, 4) is 0 Å². The van der Waals surface area contributed by atoms with Crippen LogP contribution in [0.15, 0.2) is 35.5 Å². The third-order valence-electron chi connectivity index (χ3n) is 4.27. The highest BCUT2D eigenvalue weighted by Crippen LogP contribution is 2.19. The van der Waals surface area contributed by atoms with Crippen LogP contribution in [0.25, 0.3) is 0 Å². The monoisotopic (exact) mass is 320 g/mol. The van der Waals surface area contributed by atoms with Gasteiger partial charge in [0.25, 0.3) is 0 Å². The second-order valence-electron chi connectivity index (χ2n) is 6.06. The van der Waals surface area contributed by atoms with E-state index in [0.717, 1.165) is 30.8 Å². The Bertz CT molecular complexity index is 402. The van der Waals surface area contributed by atoms with Crippen molar-refractivity contribution in [3.05, 3.63) is 35.5 Å². The Morgan fingerprint density at radius 2 is 1.74 bits per heavy atom. The van der Waals surface area contributed by atoms with E-state index in [4.69, 9.17) is 4.74 Å². The van der Waals surface area contributed by atoms with Crippen molar-refractivity contribution in [3.63, 3.8) is 0 Å². The lowest BCUT2D eigenvalue weighted by Gasteiger charge is -2.12. The minimum atomic E-state index is -0.237. The van der Waals surface area contributed by atoms with Crippen molar-refractivity contribution in [2.75, 3.05) is 6.61 Å². The maximum Gasteiger partial charge on any atom is 0.331 e. The zero-order chi connectivity index (χ0) is 17.5. The summed E-state index contributed by atoms with van der Waals surface area (Å²) in [4.78, 5) is 11.5. The van der Waals surface area contributed by atoms with Crippen molar-refractivity contribution < 1.29 is 9.53 Å². The molecular formula is C21H36O2. The number of carbonyl (C=O) groups is 1. The van der Waals surface area contributed by atoms with Crippen LogP contribution < -0.4 is 0 Å². The van der Waals surface area contributed by atoms with Crippen LogP contribution in [0.5, 0.6) is 0 Å². The van der Waals surface area contributed by atoms with E-state index in [2.05, 4.69) is 45.9 Å². The van der Waals surface area contributed by atoms with Crippen LogP contribution in [0.1, 0.15) is 79.6 Å². The fraction of sp³-hybridized carbons (Fsp3) is 0.667. The van der Waals surface area contributed by atoms with Crippen molar-refractivity contribution >= 4 is 5.97 Å². The molecule has 2 nitrogen and oxygen atoms in total. The van der Waals surface area contributed by atoms with Gasteiger partial charge in [-0.05, 0) is 63.9 Å². The van der Waals surface area contributed by atoms with E-state index in [0.29, 0.717) is 6.61 Å². The topological polar surface area (TPSA) is 26.3 Å². The first-order valence-electron chi connectivity index (χ1n) is 9.26. The fourth-order valence-electron chi connectivity index (χ4n) is 2.43. The van der Waals surface area contributed by atoms with Crippen LogP contribution in [-0.4, -0.2) is 12.6 Å². The molecule has 1 atom stereocenters. The highest BCUT2D eigenvalue weighted by molar-refractivity contribution is 5.83. The van der Waals surface area contributed by atoms with E-state index >= 15 is 0 Å². The van der Waals surface area contributed by atoms with Gasteiger partial charge < -0.3 is 4.74 Å². The third-order valence-corrected chi connectivity index (χ3v) is 4.27. The second kappa shape index (κ2) is 14.3. The zero-order valence-corrected chi connectivity index (χ0v) is 15.9. The molecule has 0 spiro atoms. The molecule has 0 aliphatic heterocycles. The van der Waals surface area contributed by atoms with Gasteiger partial charge in [-0.3, -0.25) is 0 Å². The highest BCUT2D eigenvalue weighted by Gasteiger charge is 2.04. The van der Waals surface area contributed by atoms with Crippen LogP contribution >= 0.6 is 0 Å². The summed E-state index contributed by atoms with van der Waals surface area (Å²) >= 11 is 0. The van der Waals surface area contributed by atoms with E-state index in [1.807, 2.05) is 6.92 Å². The fourth-order valence-corrected chi connectivity index (χ4v) is 2.43. The van der Waals surface area contributed by atoms with Crippen LogP contribution in [0.2, 0.25) is 0 Å². The van der Waals surface area contributed by atoms with Gasteiger partial charge in [0.1, 0.15) is 0 Å². The number of carbonyl (C=O) groups excluding carboxylic acids is 1. The lowest BCUT2D eigenvalue weighted by atomic mass is 9.94.